The molecule has 98 valence electrons. The van der Waals surface area contributed by atoms with Crippen molar-refractivity contribution in [3.63, 3.8) is 0 Å². The first-order valence-electron chi connectivity index (χ1n) is 6.29. The zero-order chi connectivity index (χ0) is 13.1. The van der Waals surface area contributed by atoms with Gasteiger partial charge in [0.05, 0.1) is 12.7 Å². The molecule has 0 saturated carbocycles. The number of carbonyl (C=O) groups excluding carboxylic acids is 1. The summed E-state index contributed by atoms with van der Waals surface area (Å²) in [6.07, 6.45) is -0.0847. The number of aryl methyl sites for hydroxylation is 1. The van der Waals surface area contributed by atoms with Crippen LogP contribution in [0.25, 0.3) is 0 Å². The Morgan fingerprint density at radius 3 is 2.94 bits per heavy atom. The van der Waals surface area contributed by atoms with Gasteiger partial charge in [-0.15, -0.1) is 0 Å². The Morgan fingerprint density at radius 2 is 2.28 bits per heavy atom. The summed E-state index contributed by atoms with van der Waals surface area (Å²) in [4.78, 5) is 14.1. The second-order valence-electron chi connectivity index (χ2n) is 4.74. The van der Waals surface area contributed by atoms with Gasteiger partial charge in [-0.1, -0.05) is 12.1 Å². The number of anilines is 1. The van der Waals surface area contributed by atoms with Crippen LogP contribution in [-0.4, -0.2) is 38.3 Å². The molecule has 1 amide bonds. The van der Waals surface area contributed by atoms with Crippen molar-refractivity contribution in [1.82, 2.24) is 5.32 Å². The predicted molar refractivity (Wildman–Crippen MR) is 71.8 cm³/mol. The van der Waals surface area contributed by atoms with Gasteiger partial charge in [-0.25, -0.2) is 0 Å². The summed E-state index contributed by atoms with van der Waals surface area (Å²) in [6, 6.07) is 7.67. The number of morpholine rings is 1. The number of amides is 1. The predicted octanol–water partition coefficient (Wildman–Crippen LogP) is 1.33. The highest BCUT2D eigenvalue weighted by molar-refractivity contribution is 5.97. The molecule has 1 fully saturated rings. The van der Waals surface area contributed by atoms with Crippen LogP contribution in [-0.2, 0) is 9.53 Å². The maximum Gasteiger partial charge on any atom is 0.246 e. The summed E-state index contributed by atoms with van der Waals surface area (Å²) in [5, 5.41) is 3.22. The smallest absolute Gasteiger partial charge is 0.246 e. The van der Waals surface area contributed by atoms with Gasteiger partial charge in [0.1, 0.15) is 6.04 Å². The second kappa shape index (κ2) is 5.50. The molecule has 1 aromatic carbocycles. The first-order chi connectivity index (χ1) is 8.59. The quantitative estimate of drug-likeness (QED) is 0.858. The minimum Gasteiger partial charge on any atom is -0.375 e. The number of likely N-dealkylation sites (N-methyl/N-ethyl adjacent to an activating group) is 1. The topological polar surface area (TPSA) is 41.6 Å². The van der Waals surface area contributed by atoms with E-state index in [2.05, 4.69) is 5.32 Å². The van der Waals surface area contributed by atoms with Gasteiger partial charge in [0, 0.05) is 19.3 Å². The third-order valence-corrected chi connectivity index (χ3v) is 3.30. The Bertz CT molecular complexity index is 434. The number of hydrogen-bond acceptors (Lipinski definition) is 3. The Balaban J connectivity index is 2.13. The Kier molecular flexibility index (Phi) is 3.99. The van der Waals surface area contributed by atoms with Gasteiger partial charge in [0.2, 0.25) is 5.91 Å². The Hall–Kier alpha value is -1.39. The van der Waals surface area contributed by atoms with Crippen LogP contribution in [0.4, 0.5) is 5.69 Å². The van der Waals surface area contributed by atoms with Crippen molar-refractivity contribution >= 4 is 11.6 Å². The van der Waals surface area contributed by atoms with Crippen molar-refractivity contribution in [1.29, 1.82) is 0 Å². The standard InChI is InChI=1S/C14H20N2O2/c1-10-5-4-6-12(9-10)16(3)14(17)13-11(2)18-8-7-15-13/h4-6,9,11,13,15H,7-8H2,1-3H3/t11-,13+/m1/s1. The molecule has 1 aromatic rings. The number of benzene rings is 1. The molecular weight excluding hydrogens is 228 g/mol. The van der Waals surface area contributed by atoms with Crippen LogP contribution in [0.15, 0.2) is 24.3 Å². The summed E-state index contributed by atoms with van der Waals surface area (Å²) in [5.74, 6) is 0.0489. The third-order valence-electron chi connectivity index (χ3n) is 3.30. The molecular formula is C14H20N2O2. The van der Waals surface area contributed by atoms with E-state index in [4.69, 9.17) is 4.74 Å². The van der Waals surface area contributed by atoms with Crippen LogP contribution in [0.3, 0.4) is 0 Å². The van der Waals surface area contributed by atoms with E-state index in [1.807, 2.05) is 38.1 Å². The second-order valence-corrected chi connectivity index (χ2v) is 4.74. The number of rotatable bonds is 2. The maximum absolute atomic E-state index is 12.4. The molecule has 1 aliphatic heterocycles. The molecule has 0 bridgehead atoms. The van der Waals surface area contributed by atoms with Crippen molar-refractivity contribution in [2.45, 2.75) is 26.0 Å². The average molecular weight is 248 g/mol. The van der Waals surface area contributed by atoms with Crippen molar-refractivity contribution in [3.05, 3.63) is 29.8 Å². The van der Waals surface area contributed by atoms with Gasteiger partial charge in [-0.2, -0.15) is 0 Å². The van der Waals surface area contributed by atoms with Crippen molar-refractivity contribution in [3.8, 4) is 0 Å². The maximum atomic E-state index is 12.4. The lowest BCUT2D eigenvalue weighted by Crippen LogP contribution is -2.55. The van der Waals surface area contributed by atoms with E-state index in [0.29, 0.717) is 6.61 Å². The Morgan fingerprint density at radius 1 is 1.50 bits per heavy atom. The van der Waals surface area contributed by atoms with Crippen LogP contribution in [0.1, 0.15) is 12.5 Å². The molecule has 1 N–H and O–H groups in total. The minimum atomic E-state index is -0.260. The molecule has 0 radical (unpaired) electrons. The van der Waals surface area contributed by atoms with Gasteiger partial charge in [-0.3, -0.25) is 4.79 Å². The first-order valence-corrected chi connectivity index (χ1v) is 6.29. The number of carbonyl (C=O) groups is 1. The molecule has 4 nitrogen and oxygen atoms in total. The summed E-state index contributed by atoms with van der Waals surface area (Å²) in [5.41, 5.74) is 2.06. The van der Waals surface area contributed by atoms with E-state index in [0.717, 1.165) is 17.8 Å². The van der Waals surface area contributed by atoms with E-state index in [1.165, 1.54) is 0 Å². The summed E-state index contributed by atoms with van der Waals surface area (Å²) in [6.45, 7) is 5.34. The molecule has 0 spiro atoms. The molecule has 18 heavy (non-hydrogen) atoms. The van der Waals surface area contributed by atoms with E-state index >= 15 is 0 Å². The highest BCUT2D eigenvalue weighted by atomic mass is 16.5. The van der Waals surface area contributed by atoms with Crippen LogP contribution >= 0.6 is 0 Å². The highest BCUT2D eigenvalue weighted by Crippen LogP contribution is 2.17. The molecule has 1 heterocycles. The fourth-order valence-electron chi connectivity index (χ4n) is 2.18. The highest BCUT2D eigenvalue weighted by Gasteiger charge is 2.30. The normalized spacial score (nSPS) is 23.7. The van der Waals surface area contributed by atoms with E-state index in [-0.39, 0.29) is 18.1 Å². The molecule has 0 aromatic heterocycles. The van der Waals surface area contributed by atoms with Gasteiger partial charge < -0.3 is 15.0 Å². The van der Waals surface area contributed by atoms with Gasteiger partial charge >= 0.3 is 0 Å². The van der Waals surface area contributed by atoms with Crippen molar-refractivity contribution in [2.24, 2.45) is 0 Å². The van der Waals surface area contributed by atoms with Crippen LogP contribution in [0, 0.1) is 6.92 Å². The number of nitrogens with one attached hydrogen (secondary N) is 1. The SMILES string of the molecule is Cc1cccc(N(C)C(=O)[C@H]2NCCO[C@@H]2C)c1. The lowest BCUT2D eigenvalue weighted by molar-refractivity contribution is -0.126. The van der Waals surface area contributed by atoms with E-state index < -0.39 is 0 Å². The Labute approximate surface area is 108 Å². The molecule has 2 rings (SSSR count). The lowest BCUT2D eigenvalue weighted by Gasteiger charge is -2.32. The molecule has 2 atom stereocenters. The first kappa shape index (κ1) is 13.1. The summed E-state index contributed by atoms with van der Waals surface area (Å²) >= 11 is 0. The fraction of sp³-hybridized carbons (Fsp3) is 0.500. The number of nitrogens with zero attached hydrogens (tertiary/aromatic N) is 1. The molecule has 1 aliphatic rings. The van der Waals surface area contributed by atoms with Gasteiger partial charge in [0.15, 0.2) is 0 Å². The summed E-state index contributed by atoms with van der Waals surface area (Å²) in [7, 11) is 1.81. The van der Waals surface area contributed by atoms with E-state index in [9.17, 15) is 4.79 Å². The van der Waals surface area contributed by atoms with Crippen molar-refractivity contribution < 1.29 is 9.53 Å². The summed E-state index contributed by atoms with van der Waals surface area (Å²) < 4.78 is 5.51. The largest absolute Gasteiger partial charge is 0.375 e. The van der Waals surface area contributed by atoms with Crippen molar-refractivity contribution in [2.75, 3.05) is 25.1 Å². The monoisotopic (exact) mass is 248 g/mol. The van der Waals surface area contributed by atoms with Gasteiger partial charge in [-0.05, 0) is 31.5 Å². The average Bonchev–Trinajstić information content (AvgIpc) is 2.37. The lowest BCUT2D eigenvalue weighted by atomic mass is 10.1. The van der Waals surface area contributed by atoms with E-state index in [1.54, 1.807) is 11.9 Å². The third kappa shape index (κ3) is 2.71. The fourth-order valence-corrected chi connectivity index (χ4v) is 2.18. The molecule has 1 saturated heterocycles. The zero-order valence-electron chi connectivity index (χ0n) is 11.1. The molecule has 0 unspecified atom stereocenters. The molecule has 0 aliphatic carbocycles. The zero-order valence-corrected chi connectivity index (χ0v) is 11.1. The minimum absolute atomic E-state index is 0.0489. The number of hydrogen-bond donors (Lipinski definition) is 1. The van der Waals surface area contributed by atoms with Crippen LogP contribution < -0.4 is 10.2 Å². The molecule has 4 heteroatoms. The van der Waals surface area contributed by atoms with Crippen LogP contribution in [0.5, 0.6) is 0 Å². The van der Waals surface area contributed by atoms with Gasteiger partial charge in [0.25, 0.3) is 0 Å². The van der Waals surface area contributed by atoms with Crippen LogP contribution in [0.2, 0.25) is 0 Å². The number of ether oxygens (including phenoxy) is 1.